The summed E-state index contributed by atoms with van der Waals surface area (Å²) in [6.45, 7) is 2.27. The molecule has 0 fully saturated rings. The largest absolute Gasteiger partial charge is 0.353 e. The van der Waals surface area contributed by atoms with Gasteiger partial charge in [-0.3, -0.25) is 14.2 Å². The highest BCUT2D eigenvalue weighted by Crippen LogP contribution is 2.23. The lowest BCUT2D eigenvalue weighted by atomic mass is 10.1. The van der Waals surface area contributed by atoms with Crippen LogP contribution < -0.4 is 10.9 Å². The van der Waals surface area contributed by atoms with Crippen molar-refractivity contribution in [2.24, 2.45) is 7.05 Å². The molecule has 33 heavy (non-hydrogen) atoms. The molecule has 2 aromatic carbocycles. The number of nitrogens with one attached hydrogen (secondary N) is 1. The number of para-hydroxylation sites is 1. The molecule has 3 aromatic heterocycles. The maximum Gasteiger partial charge on any atom is 0.264 e. The summed E-state index contributed by atoms with van der Waals surface area (Å²) in [6, 6.07) is 16.9. The van der Waals surface area contributed by atoms with Gasteiger partial charge in [-0.1, -0.05) is 18.2 Å². The van der Waals surface area contributed by atoms with E-state index in [-0.39, 0.29) is 17.0 Å². The molecule has 0 saturated carbocycles. The number of halogens is 1. The van der Waals surface area contributed by atoms with Crippen LogP contribution in [-0.4, -0.2) is 20.0 Å². The fraction of sp³-hybridized carbons (Fsp3) is 0.115. The molecule has 0 atom stereocenters. The maximum atomic E-state index is 13.5. The SMILES string of the molecule is Cc1cccc2cc3c(=O)n(-c4ccc(F)cc4)cc(C(=O)NCc4cccn4C)c3nc12. The molecule has 7 heteroatoms. The standard InChI is InChI=1S/C26H21FN4O2/c1-16-5-3-6-17-13-21-24(29-23(16)17)22(25(32)28-14-20-7-4-12-30(20)2)15-31(26(21)33)19-10-8-18(27)9-11-19/h3-13,15H,14H2,1-2H3,(H,28,32). The summed E-state index contributed by atoms with van der Waals surface area (Å²) in [7, 11) is 1.90. The Morgan fingerprint density at radius 3 is 2.58 bits per heavy atom. The number of nitrogens with zero attached hydrogens (tertiary/aromatic N) is 3. The summed E-state index contributed by atoms with van der Waals surface area (Å²) in [6.07, 6.45) is 3.39. The highest BCUT2D eigenvalue weighted by Gasteiger charge is 2.18. The van der Waals surface area contributed by atoms with Gasteiger partial charge in [0, 0.05) is 36.2 Å². The molecule has 0 aliphatic rings. The van der Waals surface area contributed by atoms with Crippen LogP contribution in [-0.2, 0) is 13.6 Å². The number of amides is 1. The van der Waals surface area contributed by atoms with Crippen LogP contribution in [0.1, 0.15) is 21.6 Å². The Morgan fingerprint density at radius 2 is 1.85 bits per heavy atom. The van der Waals surface area contributed by atoms with E-state index in [2.05, 4.69) is 5.32 Å². The Bertz CT molecular complexity index is 1580. The number of fused-ring (bicyclic) bond motifs is 2. The maximum absolute atomic E-state index is 13.5. The van der Waals surface area contributed by atoms with E-state index in [1.54, 1.807) is 6.07 Å². The van der Waals surface area contributed by atoms with E-state index in [0.717, 1.165) is 22.2 Å². The number of aromatic nitrogens is 3. The van der Waals surface area contributed by atoms with Gasteiger partial charge in [0.25, 0.3) is 11.5 Å². The summed E-state index contributed by atoms with van der Waals surface area (Å²) < 4.78 is 16.8. The van der Waals surface area contributed by atoms with Crippen molar-refractivity contribution in [2.45, 2.75) is 13.5 Å². The van der Waals surface area contributed by atoms with Gasteiger partial charge >= 0.3 is 0 Å². The molecule has 0 aliphatic heterocycles. The molecule has 0 spiro atoms. The predicted molar refractivity (Wildman–Crippen MR) is 126 cm³/mol. The number of carbonyl (C=O) groups is 1. The van der Waals surface area contributed by atoms with Crippen molar-refractivity contribution in [3.8, 4) is 5.69 Å². The van der Waals surface area contributed by atoms with Crippen LogP contribution in [0.5, 0.6) is 0 Å². The minimum Gasteiger partial charge on any atom is -0.353 e. The van der Waals surface area contributed by atoms with E-state index in [9.17, 15) is 14.0 Å². The molecule has 0 saturated heterocycles. The number of hydrogen-bond donors (Lipinski definition) is 1. The Morgan fingerprint density at radius 1 is 1.06 bits per heavy atom. The monoisotopic (exact) mass is 440 g/mol. The van der Waals surface area contributed by atoms with Crippen molar-refractivity contribution in [1.29, 1.82) is 0 Å². The van der Waals surface area contributed by atoms with E-state index in [1.165, 1.54) is 35.0 Å². The number of carbonyl (C=O) groups excluding carboxylic acids is 1. The second kappa shape index (κ2) is 8.02. The van der Waals surface area contributed by atoms with E-state index in [4.69, 9.17) is 4.98 Å². The van der Waals surface area contributed by atoms with E-state index < -0.39 is 5.82 Å². The van der Waals surface area contributed by atoms with Gasteiger partial charge in [0.05, 0.1) is 28.5 Å². The Hall–Kier alpha value is -4.26. The first-order valence-electron chi connectivity index (χ1n) is 10.5. The fourth-order valence-electron chi connectivity index (χ4n) is 4.00. The molecule has 0 aliphatic carbocycles. The first-order chi connectivity index (χ1) is 15.9. The van der Waals surface area contributed by atoms with Gasteiger partial charge in [0.15, 0.2) is 0 Å². The lowest BCUT2D eigenvalue weighted by molar-refractivity contribution is 0.0951. The molecule has 5 rings (SSSR count). The normalized spacial score (nSPS) is 11.2. The van der Waals surface area contributed by atoms with E-state index >= 15 is 0 Å². The smallest absolute Gasteiger partial charge is 0.264 e. The third kappa shape index (κ3) is 3.67. The number of hydrogen-bond acceptors (Lipinski definition) is 3. The predicted octanol–water partition coefficient (Wildman–Crippen LogP) is 4.25. The fourth-order valence-corrected chi connectivity index (χ4v) is 4.00. The molecule has 1 amide bonds. The zero-order valence-corrected chi connectivity index (χ0v) is 18.2. The zero-order chi connectivity index (χ0) is 23.1. The van der Waals surface area contributed by atoms with Crippen LogP contribution in [0.3, 0.4) is 0 Å². The number of rotatable bonds is 4. The lowest BCUT2D eigenvalue weighted by Crippen LogP contribution is -2.28. The number of benzene rings is 2. The first-order valence-corrected chi connectivity index (χ1v) is 10.5. The second-order valence-corrected chi connectivity index (χ2v) is 8.02. The average Bonchev–Trinajstić information content (AvgIpc) is 3.23. The van der Waals surface area contributed by atoms with E-state index in [1.807, 2.05) is 55.1 Å². The summed E-state index contributed by atoms with van der Waals surface area (Å²) in [5, 5.41) is 4.06. The topological polar surface area (TPSA) is 68.9 Å². The van der Waals surface area contributed by atoms with Gasteiger partial charge in [0.2, 0.25) is 0 Å². The summed E-state index contributed by atoms with van der Waals surface area (Å²) in [4.78, 5) is 31.4. The van der Waals surface area contributed by atoms with Crippen LogP contribution in [0.25, 0.3) is 27.5 Å². The third-order valence-corrected chi connectivity index (χ3v) is 5.84. The van der Waals surface area contributed by atoms with Crippen molar-refractivity contribution in [3.05, 3.63) is 106 Å². The molecule has 0 radical (unpaired) electrons. The van der Waals surface area contributed by atoms with Gasteiger partial charge in [-0.05, 0) is 55.0 Å². The highest BCUT2D eigenvalue weighted by molar-refractivity contribution is 6.07. The highest BCUT2D eigenvalue weighted by atomic mass is 19.1. The lowest BCUT2D eigenvalue weighted by Gasteiger charge is -2.14. The molecule has 0 unspecified atom stereocenters. The van der Waals surface area contributed by atoms with Gasteiger partial charge in [0.1, 0.15) is 5.82 Å². The van der Waals surface area contributed by atoms with Gasteiger partial charge in [-0.2, -0.15) is 0 Å². The van der Waals surface area contributed by atoms with Crippen molar-refractivity contribution in [3.63, 3.8) is 0 Å². The van der Waals surface area contributed by atoms with Crippen molar-refractivity contribution in [2.75, 3.05) is 0 Å². The third-order valence-electron chi connectivity index (χ3n) is 5.84. The Labute approximate surface area is 188 Å². The van der Waals surface area contributed by atoms with Crippen LogP contribution in [0.15, 0.2) is 77.9 Å². The molecule has 1 N–H and O–H groups in total. The molecular weight excluding hydrogens is 419 g/mol. The van der Waals surface area contributed by atoms with Crippen molar-refractivity contribution < 1.29 is 9.18 Å². The number of aryl methyl sites for hydroxylation is 2. The Kier molecular flexibility index (Phi) is 5.01. The van der Waals surface area contributed by atoms with Gasteiger partial charge in [-0.15, -0.1) is 0 Å². The second-order valence-electron chi connectivity index (χ2n) is 8.02. The molecule has 6 nitrogen and oxygen atoms in total. The summed E-state index contributed by atoms with van der Waals surface area (Å²) in [5.41, 5.74) is 3.37. The molecule has 3 heterocycles. The molecular formula is C26H21FN4O2. The summed E-state index contributed by atoms with van der Waals surface area (Å²) in [5.74, 6) is -0.756. The molecule has 0 bridgehead atoms. The minimum absolute atomic E-state index is 0.272. The minimum atomic E-state index is -0.406. The van der Waals surface area contributed by atoms with Gasteiger partial charge in [-0.25, -0.2) is 9.37 Å². The number of pyridine rings is 2. The van der Waals surface area contributed by atoms with Crippen LogP contribution >= 0.6 is 0 Å². The Balaban J connectivity index is 1.72. The van der Waals surface area contributed by atoms with Crippen LogP contribution in [0, 0.1) is 12.7 Å². The van der Waals surface area contributed by atoms with Crippen molar-refractivity contribution in [1.82, 2.24) is 19.4 Å². The van der Waals surface area contributed by atoms with Crippen molar-refractivity contribution >= 4 is 27.7 Å². The molecule has 164 valence electrons. The first kappa shape index (κ1) is 20.6. The van der Waals surface area contributed by atoms with Gasteiger partial charge < -0.3 is 9.88 Å². The molecule has 5 aromatic rings. The van der Waals surface area contributed by atoms with E-state index in [0.29, 0.717) is 23.1 Å². The van der Waals surface area contributed by atoms with Crippen LogP contribution in [0.2, 0.25) is 0 Å². The summed E-state index contributed by atoms with van der Waals surface area (Å²) >= 11 is 0. The van der Waals surface area contributed by atoms with Crippen LogP contribution in [0.4, 0.5) is 4.39 Å². The quantitative estimate of drug-likeness (QED) is 0.425. The zero-order valence-electron chi connectivity index (χ0n) is 18.2. The average molecular weight is 440 g/mol.